The van der Waals surface area contributed by atoms with Crippen LogP contribution >= 0.6 is 0 Å². The van der Waals surface area contributed by atoms with E-state index in [9.17, 15) is 5.11 Å². The lowest BCUT2D eigenvalue weighted by Crippen LogP contribution is -2.37. The zero-order valence-electron chi connectivity index (χ0n) is 10.4. The number of hydrogen-bond donors (Lipinski definition) is 1. The molecule has 17 heavy (non-hydrogen) atoms. The molecule has 0 amide bonds. The van der Waals surface area contributed by atoms with Crippen LogP contribution in [0.4, 0.5) is 5.82 Å². The average molecular weight is 232 g/mol. The topological polar surface area (TPSA) is 36.4 Å². The normalized spacial score (nSPS) is 26.5. The maximum absolute atomic E-state index is 9.29. The number of aromatic nitrogens is 1. The smallest absolute Gasteiger partial charge is 0.128 e. The van der Waals surface area contributed by atoms with E-state index in [0.29, 0.717) is 5.92 Å². The van der Waals surface area contributed by atoms with E-state index in [1.807, 2.05) is 0 Å². The molecule has 2 aliphatic rings. The molecule has 1 fully saturated rings. The first-order valence-electron chi connectivity index (χ1n) is 6.60. The molecule has 1 saturated carbocycles. The van der Waals surface area contributed by atoms with Gasteiger partial charge in [-0.05, 0) is 49.7 Å². The van der Waals surface area contributed by atoms with Gasteiger partial charge < -0.3 is 10.0 Å². The third-order valence-corrected chi connectivity index (χ3v) is 4.05. The van der Waals surface area contributed by atoms with Gasteiger partial charge in [0.1, 0.15) is 5.82 Å². The molecule has 1 aromatic heterocycles. The van der Waals surface area contributed by atoms with Crippen molar-refractivity contribution in [3.63, 3.8) is 0 Å². The lowest BCUT2D eigenvalue weighted by atomic mass is 9.82. The zero-order valence-corrected chi connectivity index (χ0v) is 10.4. The summed E-state index contributed by atoms with van der Waals surface area (Å²) in [4.78, 5) is 6.98. The van der Waals surface area contributed by atoms with Gasteiger partial charge in [-0.15, -0.1) is 0 Å². The summed E-state index contributed by atoms with van der Waals surface area (Å²) in [6.07, 6.45) is 5.44. The summed E-state index contributed by atoms with van der Waals surface area (Å²) >= 11 is 0. The van der Waals surface area contributed by atoms with Crippen LogP contribution in [-0.2, 0) is 12.8 Å². The Bertz CT molecular complexity index is 413. The molecule has 0 aromatic carbocycles. The van der Waals surface area contributed by atoms with Crippen LogP contribution in [0.2, 0.25) is 0 Å². The van der Waals surface area contributed by atoms with Crippen molar-refractivity contribution in [2.75, 3.05) is 18.5 Å². The summed E-state index contributed by atoms with van der Waals surface area (Å²) in [5.41, 5.74) is 2.73. The van der Waals surface area contributed by atoms with E-state index < -0.39 is 0 Å². The van der Waals surface area contributed by atoms with E-state index in [4.69, 9.17) is 4.98 Å². The van der Waals surface area contributed by atoms with Gasteiger partial charge in [-0.3, -0.25) is 0 Å². The molecule has 2 aliphatic carbocycles. The molecule has 3 nitrogen and oxygen atoms in total. The Morgan fingerprint density at radius 3 is 2.94 bits per heavy atom. The summed E-state index contributed by atoms with van der Waals surface area (Å²) in [5, 5.41) is 9.29. The van der Waals surface area contributed by atoms with Crippen LogP contribution in [0.1, 0.15) is 30.5 Å². The van der Waals surface area contributed by atoms with Crippen molar-refractivity contribution >= 4 is 5.82 Å². The largest absolute Gasteiger partial charge is 0.393 e. The Morgan fingerprint density at radius 2 is 2.18 bits per heavy atom. The third kappa shape index (κ3) is 2.16. The number of aryl methyl sites for hydroxylation is 2. The minimum Gasteiger partial charge on any atom is -0.393 e. The number of rotatable bonds is 3. The summed E-state index contributed by atoms with van der Waals surface area (Å²) in [7, 11) is 2.11. The number of aliphatic hydroxyl groups excluding tert-OH is 1. The number of nitrogens with zero attached hydrogens (tertiary/aromatic N) is 2. The van der Waals surface area contributed by atoms with Gasteiger partial charge in [0.05, 0.1) is 6.10 Å². The fourth-order valence-electron chi connectivity index (χ4n) is 2.95. The van der Waals surface area contributed by atoms with Crippen molar-refractivity contribution < 1.29 is 5.11 Å². The van der Waals surface area contributed by atoms with Crippen LogP contribution < -0.4 is 4.90 Å². The van der Waals surface area contributed by atoms with Crippen molar-refractivity contribution in [1.29, 1.82) is 0 Å². The Balaban J connectivity index is 1.67. The van der Waals surface area contributed by atoms with E-state index in [1.165, 1.54) is 24.1 Å². The number of anilines is 1. The number of aliphatic hydroxyl groups is 1. The number of pyridine rings is 1. The minimum absolute atomic E-state index is 0.0543. The van der Waals surface area contributed by atoms with Gasteiger partial charge >= 0.3 is 0 Å². The molecule has 0 aliphatic heterocycles. The molecule has 3 rings (SSSR count). The van der Waals surface area contributed by atoms with E-state index in [1.54, 1.807) is 0 Å². The summed E-state index contributed by atoms with van der Waals surface area (Å²) < 4.78 is 0. The first kappa shape index (κ1) is 11.0. The Hall–Kier alpha value is -1.09. The zero-order chi connectivity index (χ0) is 11.8. The first-order chi connectivity index (χ1) is 8.22. The summed E-state index contributed by atoms with van der Waals surface area (Å²) in [6.45, 7) is 1.02. The second kappa shape index (κ2) is 4.30. The van der Waals surface area contributed by atoms with E-state index in [-0.39, 0.29) is 6.10 Å². The first-order valence-corrected chi connectivity index (χ1v) is 6.60. The molecule has 0 atom stereocenters. The highest BCUT2D eigenvalue weighted by Crippen LogP contribution is 2.29. The Kier molecular flexibility index (Phi) is 2.79. The lowest BCUT2D eigenvalue weighted by molar-refractivity contribution is 0.0464. The van der Waals surface area contributed by atoms with Gasteiger partial charge in [-0.2, -0.15) is 0 Å². The highest BCUT2D eigenvalue weighted by Gasteiger charge is 2.28. The molecule has 3 heteroatoms. The highest BCUT2D eigenvalue weighted by atomic mass is 16.3. The summed E-state index contributed by atoms with van der Waals surface area (Å²) in [6, 6.07) is 4.37. The predicted molar refractivity (Wildman–Crippen MR) is 68.3 cm³/mol. The van der Waals surface area contributed by atoms with Gasteiger partial charge in [0.25, 0.3) is 0 Å². The van der Waals surface area contributed by atoms with Crippen LogP contribution in [0.15, 0.2) is 12.1 Å². The van der Waals surface area contributed by atoms with E-state index in [2.05, 4.69) is 24.1 Å². The van der Waals surface area contributed by atoms with Crippen molar-refractivity contribution in [1.82, 2.24) is 4.98 Å². The molecule has 0 spiro atoms. The van der Waals surface area contributed by atoms with Crippen LogP contribution in [0.25, 0.3) is 0 Å². The molecule has 1 N–H and O–H groups in total. The molecule has 1 heterocycles. The SMILES string of the molecule is CN(CC1CC(O)C1)c1ccc2c(n1)CCC2. The van der Waals surface area contributed by atoms with Gasteiger partial charge in [-0.1, -0.05) is 6.07 Å². The van der Waals surface area contributed by atoms with Gasteiger partial charge in [0, 0.05) is 19.3 Å². The molecule has 92 valence electrons. The molecular formula is C14H20N2O. The molecule has 0 saturated heterocycles. The van der Waals surface area contributed by atoms with Gasteiger partial charge in [0.2, 0.25) is 0 Å². The Labute approximate surface area is 102 Å². The van der Waals surface area contributed by atoms with E-state index in [0.717, 1.165) is 31.6 Å². The average Bonchev–Trinajstić information content (AvgIpc) is 2.73. The van der Waals surface area contributed by atoms with Crippen LogP contribution in [0, 0.1) is 5.92 Å². The molecule has 1 aromatic rings. The second-order valence-corrected chi connectivity index (χ2v) is 5.50. The molecular weight excluding hydrogens is 212 g/mol. The molecule has 0 radical (unpaired) electrons. The van der Waals surface area contributed by atoms with Crippen molar-refractivity contribution in [3.05, 3.63) is 23.4 Å². The molecule has 0 bridgehead atoms. The van der Waals surface area contributed by atoms with Crippen molar-refractivity contribution in [3.8, 4) is 0 Å². The van der Waals surface area contributed by atoms with Crippen molar-refractivity contribution in [2.45, 2.75) is 38.2 Å². The van der Waals surface area contributed by atoms with Crippen LogP contribution in [0.3, 0.4) is 0 Å². The number of hydrogen-bond acceptors (Lipinski definition) is 3. The summed E-state index contributed by atoms with van der Waals surface area (Å²) in [5.74, 6) is 1.73. The van der Waals surface area contributed by atoms with Crippen LogP contribution in [0.5, 0.6) is 0 Å². The Morgan fingerprint density at radius 1 is 1.35 bits per heavy atom. The third-order valence-electron chi connectivity index (χ3n) is 4.05. The quantitative estimate of drug-likeness (QED) is 0.863. The van der Waals surface area contributed by atoms with Crippen molar-refractivity contribution in [2.24, 2.45) is 5.92 Å². The highest BCUT2D eigenvalue weighted by molar-refractivity contribution is 5.42. The van der Waals surface area contributed by atoms with E-state index >= 15 is 0 Å². The van der Waals surface area contributed by atoms with Gasteiger partial charge in [0.15, 0.2) is 0 Å². The molecule has 0 unspecified atom stereocenters. The maximum atomic E-state index is 9.29. The van der Waals surface area contributed by atoms with Gasteiger partial charge in [-0.25, -0.2) is 4.98 Å². The predicted octanol–water partition coefficient (Wildman–Crippen LogP) is 1.78. The fraction of sp³-hybridized carbons (Fsp3) is 0.643. The number of fused-ring (bicyclic) bond motifs is 1. The second-order valence-electron chi connectivity index (χ2n) is 5.50. The standard InChI is InChI=1S/C14H20N2O/c1-16(9-10-7-12(17)8-10)14-6-5-11-3-2-4-13(11)15-14/h5-6,10,12,17H,2-4,7-9H2,1H3. The maximum Gasteiger partial charge on any atom is 0.128 e. The monoisotopic (exact) mass is 232 g/mol. The minimum atomic E-state index is -0.0543. The van der Waals surface area contributed by atoms with Crippen LogP contribution in [-0.4, -0.2) is 29.8 Å². The lowest BCUT2D eigenvalue weighted by Gasteiger charge is -2.34. The fourth-order valence-corrected chi connectivity index (χ4v) is 2.95.